The first-order chi connectivity index (χ1) is 8.56. The minimum Gasteiger partial charge on any atom is -0.296 e. The van der Waals surface area contributed by atoms with Gasteiger partial charge in [-0.3, -0.25) is 9.69 Å². The topological polar surface area (TPSA) is 20.3 Å². The second-order valence-corrected chi connectivity index (χ2v) is 6.95. The molecule has 1 saturated carbocycles. The van der Waals surface area contributed by atoms with Crippen LogP contribution >= 0.6 is 11.3 Å². The Morgan fingerprint density at radius 3 is 2.56 bits per heavy atom. The number of nitrogens with zero attached hydrogens (tertiary/aromatic N) is 1. The van der Waals surface area contributed by atoms with Gasteiger partial charge in [0.2, 0.25) is 0 Å². The molecular weight excluding hydrogens is 242 g/mol. The minimum absolute atomic E-state index is 0.272. The van der Waals surface area contributed by atoms with Gasteiger partial charge in [-0.05, 0) is 57.7 Å². The molecule has 0 radical (unpaired) electrons. The third-order valence-corrected chi connectivity index (χ3v) is 5.06. The monoisotopic (exact) mass is 265 g/mol. The molecule has 0 N–H and O–H groups in total. The molecule has 1 aromatic heterocycles. The predicted molar refractivity (Wildman–Crippen MR) is 77.4 cm³/mol. The quantitative estimate of drug-likeness (QED) is 0.773. The summed E-state index contributed by atoms with van der Waals surface area (Å²) in [6.07, 6.45) is 5.10. The second-order valence-electron chi connectivity index (χ2n) is 5.66. The van der Waals surface area contributed by atoms with Gasteiger partial charge in [-0.1, -0.05) is 6.92 Å². The van der Waals surface area contributed by atoms with Gasteiger partial charge >= 0.3 is 0 Å². The number of hydrogen-bond donors (Lipinski definition) is 0. The van der Waals surface area contributed by atoms with Crippen molar-refractivity contribution >= 4 is 17.1 Å². The summed E-state index contributed by atoms with van der Waals surface area (Å²) in [5.74, 6) is 1.14. The van der Waals surface area contributed by atoms with Crippen LogP contribution < -0.4 is 0 Å². The van der Waals surface area contributed by atoms with Gasteiger partial charge in [0, 0.05) is 10.9 Å². The molecule has 0 saturated heterocycles. The van der Waals surface area contributed by atoms with Gasteiger partial charge in [0.1, 0.15) is 0 Å². The van der Waals surface area contributed by atoms with E-state index in [0.717, 1.165) is 10.8 Å². The van der Waals surface area contributed by atoms with E-state index in [2.05, 4.69) is 18.9 Å². The molecule has 18 heavy (non-hydrogen) atoms. The lowest BCUT2D eigenvalue weighted by atomic mass is 9.87. The molecular formula is C15H23NOS. The van der Waals surface area contributed by atoms with Crippen LogP contribution in [0, 0.1) is 12.8 Å². The Hall–Kier alpha value is -0.670. The maximum Gasteiger partial charge on any atom is 0.186 e. The number of rotatable bonds is 4. The number of ketones is 1. The van der Waals surface area contributed by atoms with Crippen LogP contribution in [0.4, 0.5) is 0 Å². The molecule has 100 valence electrons. The van der Waals surface area contributed by atoms with E-state index < -0.39 is 0 Å². The summed E-state index contributed by atoms with van der Waals surface area (Å²) >= 11 is 1.61. The van der Waals surface area contributed by atoms with E-state index in [1.165, 1.54) is 30.6 Å². The Balaban J connectivity index is 1.87. The van der Waals surface area contributed by atoms with Crippen LogP contribution in [-0.2, 0) is 0 Å². The highest BCUT2D eigenvalue weighted by Gasteiger charge is 2.23. The molecule has 2 nitrogen and oxygen atoms in total. The lowest BCUT2D eigenvalue weighted by Crippen LogP contribution is -2.38. The zero-order valence-corrected chi connectivity index (χ0v) is 12.4. The highest BCUT2D eigenvalue weighted by Crippen LogP contribution is 2.26. The van der Waals surface area contributed by atoms with Crippen molar-refractivity contribution in [2.75, 3.05) is 13.6 Å². The molecule has 0 bridgehead atoms. The average molecular weight is 265 g/mol. The van der Waals surface area contributed by atoms with Crippen molar-refractivity contribution in [2.24, 2.45) is 5.92 Å². The number of likely N-dealkylation sites (N-methyl/N-ethyl adjacent to an activating group) is 1. The van der Waals surface area contributed by atoms with Gasteiger partial charge in [0.15, 0.2) is 5.78 Å². The number of hydrogen-bond acceptors (Lipinski definition) is 3. The summed E-state index contributed by atoms with van der Waals surface area (Å²) in [4.78, 5) is 16.5. The maximum atomic E-state index is 12.1. The van der Waals surface area contributed by atoms with Crippen molar-refractivity contribution in [3.8, 4) is 0 Å². The van der Waals surface area contributed by atoms with Crippen molar-refractivity contribution in [1.29, 1.82) is 0 Å². The lowest BCUT2D eigenvalue weighted by Gasteiger charge is -2.33. The van der Waals surface area contributed by atoms with E-state index in [-0.39, 0.29) is 5.78 Å². The molecule has 1 heterocycles. The Labute approximate surface area is 114 Å². The van der Waals surface area contributed by atoms with Gasteiger partial charge in [0.05, 0.1) is 11.4 Å². The molecule has 0 aromatic carbocycles. The Kier molecular flexibility index (Phi) is 4.57. The number of thiophene rings is 1. The standard InChI is InChI=1S/C15H23NOS/c1-11-4-7-13(8-5-11)16(3)10-14(17)15-9-6-12(2)18-15/h6,9,11,13H,4-5,7-8,10H2,1-3H3. The Morgan fingerprint density at radius 1 is 1.33 bits per heavy atom. The molecule has 0 unspecified atom stereocenters. The summed E-state index contributed by atoms with van der Waals surface area (Å²) in [6, 6.07) is 4.59. The summed E-state index contributed by atoms with van der Waals surface area (Å²) in [6.45, 7) is 4.95. The molecule has 0 spiro atoms. The average Bonchev–Trinajstić information content (AvgIpc) is 2.76. The number of carbonyl (C=O) groups excluding carboxylic acids is 1. The largest absolute Gasteiger partial charge is 0.296 e. The number of Topliss-reactive ketones (excluding diaryl/α,β-unsaturated/α-hetero) is 1. The first-order valence-corrected chi connectivity index (χ1v) is 7.68. The second kappa shape index (κ2) is 5.98. The van der Waals surface area contributed by atoms with Gasteiger partial charge in [-0.15, -0.1) is 11.3 Å². The van der Waals surface area contributed by atoms with Crippen molar-refractivity contribution in [1.82, 2.24) is 4.90 Å². The summed E-state index contributed by atoms with van der Waals surface area (Å²) in [7, 11) is 2.10. The minimum atomic E-state index is 0.272. The third kappa shape index (κ3) is 3.42. The van der Waals surface area contributed by atoms with Crippen LogP contribution in [0.15, 0.2) is 12.1 Å². The van der Waals surface area contributed by atoms with Gasteiger partial charge in [-0.25, -0.2) is 0 Å². The molecule has 1 aliphatic carbocycles. The summed E-state index contributed by atoms with van der Waals surface area (Å²) < 4.78 is 0. The van der Waals surface area contributed by atoms with Gasteiger partial charge in [-0.2, -0.15) is 0 Å². The van der Waals surface area contributed by atoms with E-state index in [1.807, 2.05) is 19.1 Å². The predicted octanol–water partition coefficient (Wildman–Crippen LogP) is 3.75. The van der Waals surface area contributed by atoms with Crippen LogP contribution in [0.3, 0.4) is 0 Å². The van der Waals surface area contributed by atoms with Crippen LogP contribution in [0.25, 0.3) is 0 Å². The van der Waals surface area contributed by atoms with E-state index in [1.54, 1.807) is 11.3 Å². The fraction of sp³-hybridized carbons (Fsp3) is 0.667. The Bertz CT molecular complexity index is 404. The van der Waals surface area contributed by atoms with Crippen LogP contribution in [-0.4, -0.2) is 30.3 Å². The van der Waals surface area contributed by atoms with Crippen molar-refractivity contribution < 1.29 is 4.79 Å². The number of aryl methyl sites for hydroxylation is 1. The first kappa shape index (κ1) is 13.8. The summed E-state index contributed by atoms with van der Waals surface area (Å²) in [5, 5.41) is 0. The molecule has 0 aliphatic heterocycles. The van der Waals surface area contributed by atoms with E-state index in [4.69, 9.17) is 0 Å². The fourth-order valence-corrected chi connectivity index (χ4v) is 3.50. The molecule has 0 amide bonds. The van der Waals surface area contributed by atoms with Crippen LogP contribution in [0.2, 0.25) is 0 Å². The van der Waals surface area contributed by atoms with Crippen molar-refractivity contribution in [3.05, 3.63) is 21.9 Å². The van der Waals surface area contributed by atoms with E-state index in [9.17, 15) is 4.79 Å². The molecule has 0 atom stereocenters. The summed E-state index contributed by atoms with van der Waals surface area (Å²) in [5.41, 5.74) is 0. The highest BCUT2D eigenvalue weighted by atomic mass is 32.1. The van der Waals surface area contributed by atoms with Crippen molar-refractivity contribution in [2.45, 2.75) is 45.6 Å². The Morgan fingerprint density at radius 2 is 2.00 bits per heavy atom. The zero-order valence-electron chi connectivity index (χ0n) is 11.6. The smallest absolute Gasteiger partial charge is 0.186 e. The van der Waals surface area contributed by atoms with Gasteiger partial charge in [0.25, 0.3) is 0 Å². The van der Waals surface area contributed by atoms with Gasteiger partial charge < -0.3 is 0 Å². The van der Waals surface area contributed by atoms with Crippen LogP contribution in [0.5, 0.6) is 0 Å². The normalized spacial score (nSPS) is 24.4. The number of carbonyl (C=O) groups is 1. The zero-order chi connectivity index (χ0) is 13.1. The SMILES string of the molecule is Cc1ccc(C(=O)CN(C)C2CCC(C)CC2)s1. The molecule has 2 rings (SSSR count). The highest BCUT2D eigenvalue weighted by molar-refractivity contribution is 7.14. The maximum absolute atomic E-state index is 12.1. The molecule has 3 heteroatoms. The van der Waals surface area contributed by atoms with E-state index >= 15 is 0 Å². The van der Waals surface area contributed by atoms with E-state index in [0.29, 0.717) is 12.6 Å². The molecule has 1 fully saturated rings. The molecule has 1 aromatic rings. The lowest BCUT2D eigenvalue weighted by molar-refractivity contribution is 0.0893. The third-order valence-electron chi connectivity index (χ3n) is 4.02. The first-order valence-electron chi connectivity index (χ1n) is 6.86. The molecule has 1 aliphatic rings. The van der Waals surface area contributed by atoms with Crippen molar-refractivity contribution in [3.63, 3.8) is 0 Å². The van der Waals surface area contributed by atoms with Crippen LogP contribution in [0.1, 0.15) is 47.2 Å². The fourth-order valence-electron chi connectivity index (χ4n) is 2.70.